The van der Waals surface area contributed by atoms with E-state index < -0.39 is 0 Å². The van der Waals surface area contributed by atoms with Crippen LogP contribution in [0.4, 0.5) is 11.6 Å². The van der Waals surface area contributed by atoms with Crippen LogP contribution in [0.25, 0.3) is 0 Å². The molecule has 1 heterocycles. The molecule has 0 fully saturated rings. The number of hydrogen-bond acceptors (Lipinski definition) is 5. The Morgan fingerprint density at radius 1 is 1.22 bits per heavy atom. The van der Waals surface area contributed by atoms with Crippen molar-refractivity contribution in [1.82, 2.24) is 9.97 Å². The minimum Gasteiger partial charge on any atom is -0.383 e. The minimum atomic E-state index is 0.590. The highest BCUT2D eigenvalue weighted by Crippen LogP contribution is 2.17. The quantitative estimate of drug-likeness (QED) is 0.710. The highest BCUT2D eigenvalue weighted by atomic mass is 32.2. The largest absolute Gasteiger partial charge is 0.383 e. The van der Waals surface area contributed by atoms with Crippen LogP contribution in [-0.4, -0.2) is 28.5 Å². The number of unbranched alkanes of at least 4 members (excludes halogenated alkanes) is 2. The number of hydrogen-bond donors (Lipinski definition) is 2. The first-order chi connectivity index (χ1) is 8.69. The molecule has 0 spiro atoms. The van der Waals surface area contributed by atoms with Crippen molar-refractivity contribution in [2.45, 2.75) is 39.5 Å². The Hall–Kier alpha value is -0.970. The van der Waals surface area contributed by atoms with Crippen molar-refractivity contribution in [3.05, 3.63) is 11.4 Å². The topological polar surface area (TPSA) is 63.8 Å². The lowest BCUT2D eigenvalue weighted by molar-refractivity contribution is 0.746. The number of aryl methyl sites for hydroxylation is 1. The number of nitrogens with two attached hydrogens (primary N) is 1. The van der Waals surface area contributed by atoms with Gasteiger partial charge in [-0.15, -0.1) is 0 Å². The summed E-state index contributed by atoms with van der Waals surface area (Å²) in [5, 5.41) is 3.37. The summed E-state index contributed by atoms with van der Waals surface area (Å²) in [6, 6.07) is 0. The van der Waals surface area contributed by atoms with Gasteiger partial charge in [0.25, 0.3) is 0 Å². The lowest BCUT2D eigenvalue weighted by Crippen LogP contribution is -2.10. The molecule has 0 aromatic carbocycles. The van der Waals surface area contributed by atoms with Crippen molar-refractivity contribution in [3.63, 3.8) is 0 Å². The summed E-state index contributed by atoms with van der Waals surface area (Å²) < 4.78 is 0. The molecule has 0 saturated heterocycles. The van der Waals surface area contributed by atoms with Gasteiger partial charge in [0.1, 0.15) is 17.5 Å². The number of rotatable bonds is 8. The van der Waals surface area contributed by atoms with Gasteiger partial charge in [0, 0.05) is 18.5 Å². The molecule has 0 atom stereocenters. The fraction of sp³-hybridized carbons (Fsp3) is 0.692. The summed E-state index contributed by atoms with van der Waals surface area (Å²) in [6.07, 6.45) is 6.68. The maximum absolute atomic E-state index is 5.87. The molecule has 0 aliphatic heterocycles. The minimum absolute atomic E-state index is 0.590. The van der Waals surface area contributed by atoms with E-state index in [2.05, 4.69) is 21.5 Å². The van der Waals surface area contributed by atoms with Crippen LogP contribution in [0.15, 0.2) is 0 Å². The lowest BCUT2D eigenvalue weighted by atomic mass is 10.2. The molecule has 3 N–H and O–H groups in total. The Balaban J connectivity index is 2.44. The Morgan fingerprint density at radius 2 is 2.00 bits per heavy atom. The van der Waals surface area contributed by atoms with Gasteiger partial charge in [-0.1, -0.05) is 13.3 Å². The summed E-state index contributed by atoms with van der Waals surface area (Å²) in [6.45, 7) is 4.95. The molecule has 102 valence electrons. The molecule has 4 nitrogen and oxygen atoms in total. The standard InChI is InChI=1S/C13H24N4S/c1-4-11-16-12(14)10(2)13(17-11)15-8-6-5-7-9-18-3/h4-9H2,1-3H3,(H3,14,15,16,17). The van der Waals surface area contributed by atoms with Gasteiger partial charge in [0.15, 0.2) is 0 Å². The van der Waals surface area contributed by atoms with Crippen LogP contribution >= 0.6 is 11.8 Å². The number of nitrogens with one attached hydrogen (secondary N) is 1. The maximum Gasteiger partial charge on any atom is 0.134 e. The van der Waals surface area contributed by atoms with Gasteiger partial charge in [-0.05, 0) is 31.8 Å². The zero-order valence-corrected chi connectivity index (χ0v) is 12.4. The van der Waals surface area contributed by atoms with Gasteiger partial charge in [-0.2, -0.15) is 11.8 Å². The van der Waals surface area contributed by atoms with Crippen LogP contribution < -0.4 is 11.1 Å². The third-order valence-corrected chi connectivity index (χ3v) is 3.56. The monoisotopic (exact) mass is 268 g/mol. The third-order valence-electron chi connectivity index (χ3n) is 2.86. The van der Waals surface area contributed by atoms with Crippen molar-refractivity contribution in [3.8, 4) is 0 Å². The summed E-state index contributed by atoms with van der Waals surface area (Å²) in [5.41, 5.74) is 6.83. The van der Waals surface area contributed by atoms with E-state index in [0.717, 1.165) is 30.2 Å². The zero-order valence-electron chi connectivity index (χ0n) is 11.6. The first-order valence-electron chi connectivity index (χ1n) is 6.54. The molecule has 0 bridgehead atoms. The first kappa shape index (κ1) is 15.1. The van der Waals surface area contributed by atoms with Gasteiger partial charge in [-0.25, -0.2) is 9.97 Å². The molecule has 0 aliphatic rings. The highest BCUT2D eigenvalue weighted by Gasteiger charge is 2.06. The molecule has 1 rings (SSSR count). The number of aromatic nitrogens is 2. The Bertz CT molecular complexity index is 368. The van der Waals surface area contributed by atoms with Gasteiger partial charge in [0.05, 0.1) is 0 Å². The Kier molecular flexibility index (Phi) is 6.86. The van der Waals surface area contributed by atoms with E-state index >= 15 is 0 Å². The molecule has 0 amide bonds. The van der Waals surface area contributed by atoms with E-state index in [0.29, 0.717) is 5.82 Å². The summed E-state index contributed by atoms with van der Waals surface area (Å²) in [5.74, 6) is 3.54. The van der Waals surface area contributed by atoms with Gasteiger partial charge >= 0.3 is 0 Å². The van der Waals surface area contributed by atoms with E-state index in [1.54, 1.807) is 0 Å². The lowest BCUT2D eigenvalue weighted by Gasteiger charge is -2.11. The molecule has 0 radical (unpaired) electrons. The smallest absolute Gasteiger partial charge is 0.134 e. The van der Waals surface area contributed by atoms with E-state index in [1.807, 2.05) is 25.6 Å². The van der Waals surface area contributed by atoms with Gasteiger partial charge in [0.2, 0.25) is 0 Å². The Labute approximate surface area is 114 Å². The molecule has 1 aromatic heterocycles. The van der Waals surface area contributed by atoms with E-state index in [1.165, 1.54) is 25.0 Å². The molecule has 0 unspecified atom stereocenters. The predicted molar refractivity (Wildman–Crippen MR) is 81.3 cm³/mol. The second-order valence-corrected chi connectivity index (χ2v) is 5.32. The molecule has 1 aromatic rings. The average molecular weight is 268 g/mol. The van der Waals surface area contributed by atoms with Crippen molar-refractivity contribution < 1.29 is 0 Å². The highest BCUT2D eigenvalue weighted by molar-refractivity contribution is 7.98. The molecule has 5 heteroatoms. The maximum atomic E-state index is 5.87. The number of nitrogens with zero attached hydrogens (tertiary/aromatic N) is 2. The summed E-state index contributed by atoms with van der Waals surface area (Å²) >= 11 is 1.91. The molecule has 0 aliphatic carbocycles. The van der Waals surface area contributed by atoms with Crippen LogP contribution in [0.5, 0.6) is 0 Å². The first-order valence-corrected chi connectivity index (χ1v) is 7.94. The van der Waals surface area contributed by atoms with Crippen molar-refractivity contribution in [2.24, 2.45) is 0 Å². The fourth-order valence-corrected chi connectivity index (χ4v) is 2.16. The van der Waals surface area contributed by atoms with E-state index in [9.17, 15) is 0 Å². The van der Waals surface area contributed by atoms with Crippen molar-refractivity contribution in [2.75, 3.05) is 29.6 Å². The number of nitrogen functional groups attached to an aromatic ring is 1. The molecular formula is C13H24N4S. The summed E-state index contributed by atoms with van der Waals surface area (Å²) in [4.78, 5) is 8.72. The average Bonchev–Trinajstić information content (AvgIpc) is 2.38. The van der Waals surface area contributed by atoms with E-state index in [-0.39, 0.29) is 0 Å². The van der Waals surface area contributed by atoms with Crippen LogP contribution in [0, 0.1) is 6.92 Å². The molecule has 18 heavy (non-hydrogen) atoms. The SMILES string of the molecule is CCc1nc(N)c(C)c(NCCCCCSC)n1. The second-order valence-electron chi connectivity index (χ2n) is 4.33. The normalized spacial score (nSPS) is 10.6. The fourth-order valence-electron chi connectivity index (χ4n) is 1.67. The molecule has 0 saturated carbocycles. The van der Waals surface area contributed by atoms with Crippen molar-refractivity contribution in [1.29, 1.82) is 0 Å². The molecular weight excluding hydrogens is 244 g/mol. The number of thioether (sulfide) groups is 1. The second kappa shape index (κ2) is 8.19. The predicted octanol–water partition coefficient (Wildman–Crippen LogP) is 2.87. The van der Waals surface area contributed by atoms with E-state index in [4.69, 9.17) is 5.73 Å². The van der Waals surface area contributed by atoms with Gasteiger partial charge in [-0.3, -0.25) is 0 Å². The van der Waals surface area contributed by atoms with Crippen LogP contribution in [-0.2, 0) is 6.42 Å². The zero-order chi connectivity index (χ0) is 13.4. The van der Waals surface area contributed by atoms with Gasteiger partial charge < -0.3 is 11.1 Å². The summed E-state index contributed by atoms with van der Waals surface area (Å²) in [7, 11) is 0. The van der Waals surface area contributed by atoms with Crippen LogP contribution in [0.2, 0.25) is 0 Å². The number of anilines is 2. The third kappa shape index (κ3) is 4.72. The van der Waals surface area contributed by atoms with Crippen LogP contribution in [0.1, 0.15) is 37.6 Å². The Morgan fingerprint density at radius 3 is 2.67 bits per heavy atom. The van der Waals surface area contributed by atoms with Crippen LogP contribution in [0.3, 0.4) is 0 Å². The van der Waals surface area contributed by atoms with Crippen molar-refractivity contribution >= 4 is 23.4 Å².